The third-order valence-electron chi connectivity index (χ3n) is 6.71. The number of amides is 1. The summed E-state index contributed by atoms with van der Waals surface area (Å²) >= 11 is 3.33. The van der Waals surface area contributed by atoms with Gasteiger partial charge in [0.25, 0.3) is 11.7 Å². The molecular weight excluding hydrogens is 544 g/mol. The van der Waals surface area contributed by atoms with Crippen molar-refractivity contribution in [3.8, 4) is 23.0 Å². The van der Waals surface area contributed by atoms with Crippen LogP contribution < -0.4 is 14.2 Å². The summed E-state index contributed by atoms with van der Waals surface area (Å²) in [5, 5.41) is 21.7. The van der Waals surface area contributed by atoms with Gasteiger partial charge in [-0.1, -0.05) is 13.8 Å². The highest BCUT2D eigenvalue weighted by molar-refractivity contribution is 9.10. The SMILES string of the molecule is CCN(CC)CCCN1C(=O)C(=O)C(=C(O)c2ccc3c(c2)OCCO3)[C@H]1c1cc(Br)c(O)c(OC)c1. The normalized spacial score (nSPS) is 18.5. The van der Waals surface area contributed by atoms with Crippen LogP contribution in [-0.2, 0) is 9.59 Å². The summed E-state index contributed by atoms with van der Waals surface area (Å²) < 4.78 is 16.9. The number of aliphatic hydroxyl groups is 1. The van der Waals surface area contributed by atoms with Gasteiger partial charge in [0, 0.05) is 12.1 Å². The van der Waals surface area contributed by atoms with E-state index >= 15 is 0 Å². The van der Waals surface area contributed by atoms with E-state index in [9.17, 15) is 19.8 Å². The Morgan fingerprint density at radius 3 is 2.51 bits per heavy atom. The lowest BCUT2D eigenvalue weighted by molar-refractivity contribution is -0.140. The van der Waals surface area contributed by atoms with Crippen LogP contribution in [0.3, 0.4) is 0 Å². The third-order valence-corrected chi connectivity index (χ3v) is 7.31. The van der Waals surface area contributed by atoms with Gasteiger partial charge in [0.05, 0.1) is 23.2 Å². The summed E-state index contributed by atoms with van der Waals surface area (Å²) in [6.45, 7) is 7.77. The van der Waals surface area contributed by atoms with Crippen LogP contribution in [-0.4, -0.2) is 78.2 Å². The van der Waals surface area contributed by atoms with E-state index in [0.29, 0.717) is 53.3 Å². The van der Waals surface area contributed by atoms with Crippen LogP contribution in [0.25, 0.3) is 5.76 Å². The summed E-state index contributed by atoms with van der Waals surface area (Å²) in [4.78, 5) is 30.3. The van der Waals surface area contributed by atoms with Crippen molar-refractivity contribution in [1.82, 2.24) is 9.80 Å². The van der Waals surface area contributed by atoms with Crippen molar-refractivity contribution in [1.29, 1.82) is 0 Å². The molecule has 0 radical (unpaired) electrons. The van der Waals surface area contributed by atoms with Gasteiger partial charge >= 0.3 is 0 Å². The number of nitrogens with zero attached hydrogens (tertiary/aromatic N) is 2. The summed E-state index contributed by atoms with van der Waals surface area (Å²) in [7, 11) is 1.42. The number of ether oxygens (including phenoxy) is 3. The minimum absolute atomic E-state index is 0.0378. The number of phenols is 1. The Bertz CT molecular complexity index is 1230. The zero-order valence-electron chi connectivity index (χ0n) is 21.1. The zero-order valence-corrected chi connectivity index (χ0v) is 22.7. The lowest BCUT2D eigenvalue weighted by Gasteiger charge is -2.27. The van der Waals surface area contributed by atoms with Crippen molar-refractivity contribution in [2.45, 2.75) is 26.3 Å². The lowest BCUT2D eigenvalue weighted by Crippen LogP contribution is -2.33. The Hall–Kier alpha value is -3.24. The fraction of sp³-hybridized carbons (Fsp3) is 0.407. The number of likely N-dealkylation sites (tertiary alicyclic amines) is 1. The van der Waals surface area contributed by atoms with Gasteiger partial charge < -0.3 is 34.2 Å². The molecule has 2 aromatic carbocycles. The standard InChI is InChI=1S/C27H31BrN2O7/c1-4-29(5-2)9-6-10-30-23(17-13-18(28)25(32)21(15-17)35-3)22(26(33)27(30)34)24(31)16-7-8-19-20(14-16)37-12-11-36-19/h7-8,13-15,23,31-32H,4-6,9-12H2,1-3H3/t23-/m1/s1. The molecule has 1 saturated heterocycles. The second kappa shape index (κ2) is 11.4. The maximum Gasteiger partial charge on any atom is 0.295 e. The molecule has 2 heterocycles. The minimum atomic E-state index is -0.879. The number of carbonyl (C=O) groups excluding carboxylic acids is 2. The van der Waals surface area contributed by atoms with Gasteiger partial charge in [0.1, 0.15) is 19.0 Å². The van der Waals surface area contributed by atoms with E-state index in [1.54, 1.807) is 30.3 Å². The van der Waals surface area contributed by atoms with Crippen molar-refractivity contribution < 1.29 is 34.0 Å². The first-order valence-corrected chi connectivity index (χ1v) is 13.1. The Morgan fingerprint density at radius 1 is 1.14 bits per heavy atom. The van der Waals surface area contributed by atoms with Crippen LogP contribution in [0.4, 0.5) is 0 Å². The molecule has 37 heavy (non-hydrogen) atoms. The van der Waals surface area contributed by atoms with Crippen molar-refractivity contribution >= 4 is 33.4 Å². The number of benzene rings is 2. The van der Waals surface area contributed by atoms with E-state index in [2.05, 4.69) is 34.7 Å². The van der Waals surface area contributed by atoms with E-state index in [0.717, 1.165) is 19.6 Å². The molecule has 2 aliphatic rings. The average Bonchev–Trinajstić information content (AvgIpc) is 3.16. The van der Waals surface area contributed by atoms with Crippen LogP contribution in [0.15, 0.2) is 40.4 Å². The Balaban J connectivity index is 1.80. The maximum absolute atomic E-state index is 13.4. The van der Waals surface area contributed by atoms with Gasteiger partial charge in [-0.05, 0) is 77.9 Å². The van der Waals surface area contributed by atoms with Gasteiger partial charge in [-0.3, -0.25) is 9.59 Å². The molecule has 0 aromatic heterocycles. The molecular formula is C27H31BrN2O7. The summed E-state index contributed by atoms with van der Waals surface area (Å²) in [5.41, 5.74) is 0.812. The topological polar surface area (TPSA) is 109 Å². The molecule has 0 spiro atoms. The smallest absolute Gasteiger partial charge is 0.295 e. The molecule has 1 fully saturated rings. The van der Waals surface area contributed by atoms with Gasteiger partial charge in [-0.2, -0.15) is 0 Å². The highest BCUT2D eigenvalue weighted by Gasteiger charge is 2.46. The van der Waals surface area contributed by atoms with Crippen molar-refractivity contribution in [2.75, 3.05) is 46.5 Å². The number of ketones is 1. The number of aliphatic hydroxyl groups excluding tert-OH is 1. The Labute approximate surface area is 224 Å². The van der Waals surface area contributed by atoms with E-state index in [1.165, 1.54) is 12.0 Å². The summed E-state index contributed by atoms with van der Waals surface area (Å²) in [5.74, 6) is -0.698. The number of aromatic hydroxyl groups is 1. The van der Waals surface area contributed by atoms with Crippen LogP contribution in [0.2, 0.25) is 0 Å². The molecule has 0 saturated carbocycles. The number of hydrogen-bond donors (Lipinski definition) is 2. The van der Waals surface area contributed by atoms with Crippen molar-refractivity contribution in [2.24, 2.45) is 0 Å². The lowest BCUT2D eigenvalue weighted by atomic mass is 9.94. The van der Waals surface area contributed by atoms with E-state index in [1.807, 2.05) is 0 Å². The molecule has 2 aliphatic heterocycles. The van der Waals surface area contributed by atoms with Gasteiger partial charge in [-0.15, -0.1) is 0 Å². The van der Waals surface area contributed by atoms with Crippen molar-refractivity contribution in [3.63, 3.8) is 0 Å². The van der Waals surface area contributed by atoms with Gasteiger partial charge in [0.15, 0.2) is 23.0 Å². The van der Waals surface area contributed by atoms with E-state index in [4.69, 9.17) is 14.2 Å². The number of methoxy groups -OCH3 is 1. The molecule has 2 aromatic rings. The fourth-order valence-corrected chi connectivity index (χ4v) is 5.17. The first kappa shape index (κ1) is 26.8. The zero-order chi connectivity index (χ0) is 26.7. The van der Waals surface area contributed by atoms with E-state index in [-0.39, 0.29) is 22.8 Å². The molecule has 9 nitrogen and oxygen atoms in total. The minimum Gasteiger partial charge on any atom is -0.507 e. The Morgan fingerprint density at radius 2 is 1.84 bits per heavy atom. The fourth-order valence-electron chi connectivity index (χ4n) is 4.72. The molecule has 198 valence electrons. The summed E-state index contributed by atoms with van der Waals surface area (Å²) in [6.07, 6.45) is 0.644. The largest absolute Gasteiger partial charge is 0.507 e. The van der Waals surface area contributed by atoms with Gasteiger partial charge in [0.2, 0.25) is 0 Å². The number of phenolic OH excluding ortho intramolecular Hbond substituents is 1. The molecule has 0 unspecified atom stereocenters. The van der Waals surface area contributed by atoms with Crippen LogP contribution >= 0.6 is 15.9 Å². The van der Waals surface area contributed by atoms with Crippen molar-refractivity contribution in [3.05, 3.63) is 51.5 Å². The highest BCUT2D eigenvalue weighted by Crippen LogP contribution is 2.45. The number of halogens is 1. The quantitative estimate of drug-likeness (QED) is 0.262. The molecule has 1 atom stereocenters. The molecule has 4 rings (SSSR count). The molecule has 2 N–H and O–H groups in total. The number of Topliss-reactive ketones (excluding diaryl/α,β-unsaturated/α-hetero) is 1. The second-order valence-corrected chi connectivity index (χ2v) is 9.64. The molecule has 10 heteroatoms. The van der Waals surface area contributed by atoms with Gasteiger partial charge in [-0.25, -0.2) is 0 Å². The number of carbonyl (C=O) groups is 2. The third kappa shape index (κ3) is 5.26. The average molecular weight is 575 g/mol. The maximum atomic E-state index is 13.4. The predicted molar refractivity (Wildman–Crippen MR) is 141 cm³/mol. The van der Waals surface area contributed by atoms with Crippen LogP contribution in [0, 0.1) is 0 Å². The molecule has 0 bridgehead atoms. The number of rotatable bonds is 9. The molecule has 1 amide bonds. The molecule has 0 aliphatic carbocycles. The van der Waals surface area contributed by atoms with Crippen LogP contribution in [0.5, 0.6) is 23.0 Å². The van der Waals surface area contributed by atoms with Crippen LogP contribution in [0.1, 0.15) is 37.4 Å². The second-order valence-electron chi connectivity index (χ2n) is 8.78. The first-order chi connectivity index (χ1) is 17.8. The number of hydrogen-bond acceptors (Lipinski definition) is 8. The predicted octanol–water partition coefficient (Wildman–Crippen LogP) is 4.09. The number of fused-ring (bicyclic) bond motifs is 1. The Kier molecular flexibility index (Phi) is 8.29. The monoisotopic (exact) mass is 574 g/mol. The summed E-state index contributed by atoms with van der Waals surface area (Å²) in [6, 6.07) is 7.21. The van der Waals surface area contributed by atoms with E-state index < -0.39 is 17.7 Å². The highest BCUT2D eigenvalue weighted by atomic mass is 79.9. The first-order valence-electron chi connectivity index (χ1n) is 12.3.